The zero-order chi connectivity index (χ0) is 78.4. The molecule has 570 valence electrons. The molecule has 15 aliphatic carbocycles. The van der Waals surface area contributed by atoms with Crippen LogP contribution in [-0.4, -0.2) is 0 Å². The Hall–Kier alpha value is -13.0. The van der Waals surface area contributed by atoms with Crippen molar-refractivity contribution < 1.29 is 0 Å². The molecule has 15 aliphatic rings. The number of rotatable bonds is 0. The third-order valence-electron chi connectivity index (χ3n) is 30.4. The minimum Gasteiger partial charge on any atom is -0.0795 e. The lowest BCUT2D eigenvalue weighted by Crippen LogP contribution is -2.23. The molecule has 0 amide bonds. The van der Waals surface area contributed by atoms with Gasteiger partial charge < -0.3 is 0 Å². The van der Waals surface area contributed by atoms with E-state index in [9.17, 15) is 0 Å². The van der Waals surface area contributed by atoms with Crippen LogP contribution in [0, 0.1) is 0 Å². The SMILES string of the molecule is C1=Cc2c(ccc3c2C2c4ccccc4Cc4cccc(c42)C3)C1.C1=Cc2c(ccc3c2Cc2cccc4c2C3c2ccccc2C4)C1.C1=Cc2cc3c(cc2C1)C1c2ccccc2Cc2cccc(c21)C3.C1=Cc2cc3c(cc2C1)Cc1cccc2c1C3c1ccccc1C2.C1=Cc2ccc3c(c2C1)Cc1cccc2c1C3c1ccccc1C2. The van der Waals surface area contributed by atoms with E-state index in [-0.39, 0.29) is 0 Å². The molecule has 30 rings (SSSR count). The van der Waals surface area contributed by atoms with Gasteiger partial charge in [-0.05, 0) is 347 Å². The van der Waals surface area contributed by atoms with Crippen LogP contribution in [-0.2, 0) is 96.3 Å². The molecule has 0 heteroatoms. The Balaban J connectivity index is 0.0000000811. The lowest BCUT2D eigenvalue weighted by Gasteiger charge is -2.37. The Labute approximate surface area is 705 Å². The second kappa shape index (κ2) is 27.3. The van der Waals surface area contributed by atoms with Crippen LogP contribution in [0.2, 0.25) is 0 Å². The largest absolute Gasteiger partial charge is 0.0795 e. The van der Waals surface area contributed by atoms with Crippen molar-refractivity contribution >= 4 is 30.4 Å². The summed E-state index contributed by atoms with van der Waals surface area (Å²) in [6.45, 7) is 0. The minimum absolute atomic E-state index is 0.419. The molecule has 0 spiro atoms. The molecule has 15 aromatic rings. The highest BCUT2D eigenvalue weighted by Gasteiger charge is 2.42. The maximum Gasteiger partial charge on any atom is 0.0357 e. The van der Waals surface area contributed by atoms with Gasteiger partial charge in [0.05, 0.1) is 0 Å². The maximum absolute atomic E-state index is 2.50. The summed E-state index contributed by atoms with van der Waals surface area (Å²) in [6, 6.07) is 104. The Bertz CT molecular complexity index is 7000. The smallest absolute Gasteiger partial charge is 0.0357 e. The van der Waals surface area contributed by atoms with E-state index in [1.54, 1.807) is 66.8 Å². The monoisotopic (exact) mass is 1530 g/mol. The summed E-state index contributed by atoms with van der Waals surface area (Å²) in [5.41, 5.74) is 68.6. The van der Waals surface area contributed by atoms with Crippen LogP contribution < -0.4 is 0 Å². The van der Waals surface area contributed by atoms with Crippen molar-refractivity contribution in [2.24, 2.45) is 0 Å². The topological polar surface area (TPSA) is 0 Å². The molecule has 0 heterocycles. The highest BCUT2D eigenvalue weighted by Crippen LogP contribution is 2.56. The van der Waals surface area contributed by atoms with Crippen LogP contribution in [0.15, 0.2) is 303 Å². The van der Waals surface area contributed by atoms with E-state index in [0.717, 1.165) is 96.3 Å². The second-order valence-corrected chi connectivity index (χ2v) is 36.5. The fourth-order valence-corrected chi connectivity index (χ4v) is 25.3. The molecule has 0 aliphatic heterocycles. The van der Waals surface area contributed by atoms with Crippen molar-refractivity contribution in [3.8, 4) is 0 Å². The Morgan fingerprint density at radius 3 is 0.967 bits per heavy atom. The quantitative estimate of drug-likeness (QED) is 0.142. The molecule has 0 saturated carbocycles. The third-order valence-corrected chi connectivity index (χ3v) is 30.4. The molecule has 0 N–H and O–H groups in total. The van der Waals surface area contributed by atoms with Gasteiger partial charge in [-0.3, -0.25) is 0 Å². The van der Waals surface area contributed by atoms with E-state index < -0.39 is 0 Å². The Morgan fingerprint density at radius 2 is 0.458 bits per heavy atom. The van der Waals surface area contributed by atoms with Gasteiger partial charge in [0.2, 0.25) is 0 Å². The van der Waals surface area contributed by atoms with Crippen LogP contribution >= 0.6 is 0 Å². The van der Waals surface area contributed by atoms with Crippen LogP contribution in [0.5, 0.6) is 0 Å². The molecule has 0 aromatic heterocycles. The van der Waals surface area contributed by atoms with Gasteiger partial charge in [0.1, 0.15) is 0 Å². The molecule has 15 aromatic carbocycles. The summed E-state index contributed by atoms with van der Waals surface area (Å²) in [5.74, 6) is 2.11. The van der Waals surface area contributed by atoms with E-state index in [1.165, 1.54) is 184 Å². The van der Waals surface area contributed by atoms with Gasteiger partial charge in [-0.15, -0.1) is 0 Å². The van der Waals surface area contributed by atoms with E-state index in [4.69, 9.17) is 0 Å². The lowest BCUT2D eigenvalue weighted by atomic mass is 9.67. The van der Waals surface area contributed by atoms with Crippen molar-refractivity contribution in [3.05, 3.63) is 554 Å². The third kappa shape index (κ3) is 10.8. The van der Waals surface area contributed by atoms with Crippen molar-refractivity contribution in [1.29, 1.82) is 0 Å². The summed E-state index contributed by atoms with van der Waals surface area (Å²) in [7, 11) is 0. The molecule has 0 saturated heterocycles. The van der Waals surface area contributed by atoms with Crippen LogP contribution in [0.4, 0.5) is 0 Å². The average molecular weight is 1530 g/mol. The molecule has 5 unspecified atom stereocenters. The Kier molecular flexibility index (Phi) is 15.7. The number of fused-ring (bicyclic) bond motifs is 28. The van der Waals surface area contributed by atoms with Crippen molar-refractivity contribution in [3.63, 3.8) is 0 Å². The van der Waals surface area contributed by atoms with Gasteiger partial charge in [0, 0.05) is 29.6 Å². The Morgan fingerprint density at radius 1 is 0.150 bits per heavy atom. The summed E-state index contributed by atoms with van der Waals surface area (Å²) in [4.78, 5) is 0. The van der Waals surface area contributed by atoms with Gasteiger partial charge in [0.15, 0.2) is 0 Å². The standard InChI is InChI=1S/5C24H18/c1-2-9-21-16(5-1)13-17-7-3-8-18-14-19-12-11-15-6-4-10-20(15)23(19)24(21)22(17)18;2*1-2-9-20-16(5-1)13-17-7-3-8-18-14-22-19-10-4-6-15(19)11-12-21(22)24(20)23(17)18;2*1-2-10-21-17(5-1)12-18-8-4-9-19-13-20-11-15-6-3-7-16(15)14-22(20)24(21)23(18)19/h2*1-5,7-12,24H,6,13-14H2;1-9,11-12,24H,10,13-14H2;1-5,7-11,14,24H,6,12-13H2;1-6,8-11,14,24H,7,12-13H2. The minimum atomic E-state index is 0.419. The molecule has 5 atom stereocenters. The molecule has 0 radical (unpaired) electrons. The van der Waals surface area contributed by atoms with Gasteiger partial charge >= 0.3 is 0 Å². The molecular formula is C120H90. The van der Waals surface area contributed by atoms with Crippen LogP contribution in [0.3, 0.4) is 0 Å². The van der Waals surface area contributed by atoms with Crippen molar-refractivity contribution in [1.82, 2.24) is 0 Å². The van der Waals surface area contributed by atoms with Gasteiger partial charge in [-0.2, -0.15) is 0 Å². The van der Waals surface area contributed by atoms with Crippen LogP contribution in [0.1, 0.15) is 280 Å². The van der Waals surface area contributed by atoms with E-state index >= 15 is 0 Å². The van der Waals surface area contributed by atoms with Gasteiger partial charge in [-0.1, -0.05) is 334 Å². The molecule has 0 fully saturated rings. The molecular weight excluding hydrogens is 1440 g/mol. The zero-order valence-corrected chi connectivity index (χ0v) is 67.7. The normalized spacial score (nSPS) is 18.6. The van der Waals surface area contributed by atoms with Crippen molar-refractivity contribution in [2.75, 3.05) is 0 Å². The molecule has 120 heavy (non-hydrogen) atoms. The van der Waals surface area contributed by atoms with Gasteiger partial charge in [0.25, 0.3) is 0 Å². The number of allylic oxidation sites excluding steroid dienone is 5. The molecule has 0 bridgehead atoms. The predicted octanol–water partition coefficient (Wildman–Crippen LogP) is 26.2. The number of hydrogen-bond acceptors (Lipinski definition) is 0. The number of hydrogen-bond donors (Lipinski definition) is 0. The lowest BCUT2D eigenvalue weighted by molar-refractivity contribution is 0.818. The predicted molar refractivity (Wildman–Crippen MR) is 493 cm³/mol. The first-order valence-electron chi connectivity index (χ1n) is 44.5. The second-order valence-electron chi connectivity index (χ2n) is 36.5. The fourth-order valence-electron chi connectivity index (χ4n) is 25.3. The maximum atomic E-state index is 2.50. The summed E-state index contributed by atoms with van der Waals surface area (Å²) < 4.78 is 0. The highest BCUT2D eigenvalue weighted by atomic mass is 14.4. The highest BCUT2D eigenvalue weighted by molar-refractivity contribution is 5.77. The van der Waals surface area contributed by atoms with Crippen molar-refractivity contribution in [2.45, 2.75) is 126 Å². The average Bonchev–Trinajstić information content (AvgIpc) is 1.06. The number of benzene rings is 15. The summed E-state index contributed by atoms with van der Waals surface area (Å²) in [6.07, 6.45) is 39.4. The summed E-state index contributed by atoms with van der Waals surface area (Å²) in [5, 5.41) is 0. The summed E-state index contributed by atoms with van der Waals surface area (Å²) >= 11 is 0. The van der Waals surface area contributed by atoms with E-state index in [1.807, 2.05) is 0 Å². The first kappa shape index (κ1) is 69.0. The fraction of sp³-hybridized carbons (Fsp3) is 0.167. The van der Waals surface area contributed by atoms with E-state index in [2.05, 4.69) is 334 Å². The van der Waals surface area contributed by atoms with Crippen LogP contribution in [0.25, 0.3) is 30.4 Å². The first-order valence-corrected chi connectivity index (χ1v) is 44.5. The van der Waals surface area contributed by atoms with Gasteiger partial charge in [-0.25, -0.2) is 0 Å². The molecule has 0 nitrogen and oxygen atoms in total. The zero-order valence-electron chi connectivity index (χ0n) is 67.7. The first-order chi connectivity index (χ1) is 59.5. The van der Waals surface area contributed by atoms with E-state index in [0.29, 0.717) is 29.6 Å².